The average Bonchev–Trinajstić information content (AvgIpc) is 3.08. The average molecular weight is 671 g/mol. The topological polar surface area (TPSA) is 80.7 Å². The van der Waals surface area contributed by atoms with E-state index in [-0.39, 0.29) is 77.5 Å². The van der Waals surface area contributed by atoms with Crippen LogP contribution < -0.4 is 4.18 Å². The van der Waals surface area contributed by atoms with E-state index in [9.17, 15) is 31.5 Å². The highest BCUT2D eigenvalue weighted by Crippen LogP contribution is 2.66. The second kappa shape index (κ2) is 13.2. The van der Waals surface area contributed by atoms with Gasteiger partial charge in [-0.25, -0.2) is 0 Å². The molecule has 4 aliphatic rings. The van der Waals surface area contributed by atoms with Crippen LogP contribution in [0.15, 0.2) is 47.1 Å². The number of hydrogen-bond donors (Lipinski definition) is 1. The first-order valence-corrected chi connectivity index (χ1v) is 13.9. The molecule has 0 unspecified atom stereocenters. The lowest BCUT2D eigenvalue weighted by molar-refractivity contribution is -0.114. The van der Waals surface area contributed by atoms with Crippen LogP contribution in [-0.4, -0.2) is 30.4 Å². The van der Waals surface area contributed by atoms with Crippen LogP contribution in [0.5, 0.6) is 5.75 Å². The Balaban J connectivity index is 0.00000210. The van der Waals surface area contributed by atoms with Crippen LogP contribution in [0.2, 0.25) is 0 Å². The van der Waals surface area contributed by atoms with E-state index in [0.29, 0.717) is 25.7 Å². The van der Waals surface area contributed by atoms with Gasteiger partial charge in [-0.15, -0.1) is 5.92 Å². The molecule has 0 saturated heterocycles. The van der Waals surface area contributed by atoms with Crippen molar-refractivity contribution in [2.24, 2.45) is 17.3 Å². The number of aliphatic hydroxyl groups is 1. The fourth-order valence-electron chi connectivity index (χ4n) is 7.31. The number of rotatable bonds is 3. The molecule has 0 radical (unpaired) electrons. The van der Waals surface area contributed by atoms with Crippen molar-refractivity contribution in [3.8, 4) is 17.6 Å². The molecule has 0 spiro atoms. The van der Waals surface area contributed by atoms with E-state index in [4.69, 9.17) is 0 Å². The third kappa shape index (κ3) is 6.38. The standard InChI is InChI=1S/C28H29F3O5S.4H2S/c1-3-13-27(33)14-12-24-22-10-6-18-15-19(32)7-11-21(18)25(22)23(16-26(24,27)2)17-4-8-20(9-5-17)36-37(34,35)28(29,30)31;;;;/h4-5,8-9,15,22-24,33H,6-7,10-12,14,16H2,1-2H3;4*1H2/t22-,23+,24-,26-,27-;;;;/m0..../s1. The number of hydrogen-bond acceptors (Lipinski definition) is 5. The maximum atomic E-state index is 12.8. The summed E-state index contributed by atoms with van der Waals surface area (Å²) in [6, 6.07) is 5.69. The van der Waals surface area contributed by atoms with Gasteiger partial charge in [0.1, 0.15) is 11.4 Å². The van der Waals surface area contributed by atoms with Crippen molar-refractivity contribution in [2.75, 3.05) is 0 Å². The maximum absolute atomic E-state index is 12.8. The first-order valence-electron chi connectivity index (χ1n) is 12.5. The Morgan fingerprint density at radius 2 is 1.66 bits per heavy atom. The monoisotopic (exact) mass is 670 g/mol. The summed E-state index contributed by atoms with van der Waals surface area (Å²) in [5, 5.41) is 11.7. The van der Waals surface area contributed by atoms with Crippen LogP contribution in [0.25, 0.3) is 0 Å². The smallest absolute Gasteiger partial charge is 0.377 e. The molecule has 1 aromatic rings. The van der Waals surface area contributed by atoms with Crippen molar-refractivity contribution in [2.45, 2.75) is 75.8 Å². The number of ketones is 1. The molecule has 0 heterocycles. The molecule has 1 aromatic carbocycles. The Morgan fingerprint density at radius 1 is 1.02 bits per heavy atom. The highest BCUT2D eigenvalue weighted by Gasteiger charge is 2.62. The molecule has 0 amide bonds. The van der Waals surface area contributed by atoms with Crippen molar-refractivity contribution in [1.29, 1.82) is 0 Å². The molecular weight excluding hydrogens is 634 g/mol. The molecule has 2 fully saturated rings. The second-order valence-corrected chi connectivity index (χ2v) is 12.4. The maximum Gasteiger partial charge on any atom is 0.534 e. The highest BCUT2D eigenvalue weighted by molar-refractivity contribution is 7.88. The van der Waals surface area contributed by atoms with Crippen LogP contribution >= 0.6 is 54.0 Å². The zero-order valence-corrected chi connectivity index (χ0v) is 27.5. The van der Waals surface area contributed by atoms with Crippen molar-refractivity contribution in [1.82, 2.24) is 0 Å². The van der Waals surface area contributed by atoms with Crippen LogP contribution in [0.4, 0.5) is 13.2 Å². The van der Waals surface area contributed by atoms with Crippen LogP contribution in [0.1, 0.15) is 70.3 Å². The summed E-state index contributed by atoms with van der Waals surface area (Å²) in [6.45, 7) is 3.80. The van der Waals surface area contributed by atoms with E-state index in [1.807, 2.05) is 0 Å². The van der Waals surface area contributed by atoms with Crippen molar-refractivity contribution in [3.63, 3.8) is 0 Å². The normalized spacial score (nSPS) is 30.2. The predicted octanol–water partition coefficient (Wildman–Crippen LogP) is 6.02. The molecule has 5 rings (SSSR count). The Labute approximate surface area is 267 Å². The van der Waals surface area contributed by atoms with Gasteiger partial charge in [-0.3, -0.25) is 4.79 Å². The van der Waals surface area contributed by atoms with Gasteiger partial charge in [0.25, 0.3) is 0 Å². The van der Waals surface area contributed by atoms with Crippen molar-refractivity contribution >= 4 is 69.9 Å². The summed E-state index contributed by atoms with van der Waals surface area (Å²) >= 11 is 0. The largest absolute Gasteiger partial charge is 0.534 e. The van der Waals surface area contributed by atoms with Gasteiger partial charge in [-0.2, -0.15) is 75.6 Å². The molecule has 2 saturated carbocycles. The fraction of sp³-hybridized carbons (Fsp3) is 0.536. The number of fused-ring (bicyclic) bond motifs is 4. The zero-order chi connectivity index (χ0) is 26.8. The number of allylic oxidation sites excluding steroid dienone is 4. The van der Waals surface area contributed by atoms with Crippen LogP contribution in [0, 0.1) is 29.1 Å². The van der Waals surface area contributed by atoms with Crippen LogP contribution in [0.3, 0.4) is 0 Å². The molecule has 230 valence electrons. The molecule has 4 aliphatic carbocycles. The number of halogens is 3. The Hall–Kier alpha value is -1.17. The quantitative estimate of drug-likeness (QED) is 0.242. The predicted molar refractivity (Wildman–Crippen MR) is 172 cm³/mol. The minimum atomic E-state index is -5.77. The lowest BCUT2D eigenvalue weighted by Gasteiger charge is -2.53. The Bertz CT molecular complexity index is 1380. The van der Waals surface area contributed by atoms with E-state index < -0.39 is 32.4 Å². The molecule has 0 aliphatic heterocycles. The molecule has 1 N–H and O–H groups in total. The number of alkyl halides is 3. The molecule has 5 nitrogen and oxygen atoms in total. The minimum Gasteiger partial charge on any atom is -0.377 e. The summed E-state index contributed by atoms with van der Waals surface area (Å²) in [4.78, 5) is 12.2. The molecule has 5 atom stereocenters. The van der Waals surface area contributed by atoms with Crippen molar-refractivity contribution < 1.29 is 35.7 Å². The summed E-state index contributed by atoms with van der Waals surface area (Å²) in [5.74, 6) is 5.94. The molecular formula is C28H37F3O5S5. The van der Waals surface area contributed by atoms with Gasteiger partial charge in [0.05, 0.1) is 0 Å². The first-order chi connectivity index (χ1) is 17.3. The minimum absolute atomic E-state index is 0. The van der Waals surface area contributed by atoms with Crippen LogP contribution in [-0.2, 0) is 14.9 Å². The fourth-order valence-corrected chi connectivity index (χ4v) is 7.76. The summed E-state index contributed by atoms with van der Waals surface area (Å²) in [5.41, 5.74) is -2.86. The van der Waals surface area contributed by atoms with E-state index >= 15 is 0 Å². The lowest BCUT2D eigenvalue weighted by Crippen LogP contribution is -2.51. The number of carbonyl (C=O) groups excluding carboxylic acids is 1. The first kappa shape index (κ1) is 37.9. The summed E-state index contributed by atoms with van der Waals surface area (Å²) in [7, 11) is -5.77. The van der Waals surface area contributed by atoms with E-state index in [1.54, 1.807) is 25.1 Å². The van der Waals surface area contributed by atoms with E-state index in [2.05, 4.69) is 22.9 Å². The summed E-state index contributed by atoms with van der Waals surface area (Å²) < 4.78 is 65.5. The van der Waals surface area contributed by atoms with Gasteiger partial charge >= 0.3 is 15.6 Å². The third-order valence-electron chi connectivity index (χ3n) is 8.99. The molecule has 0 aromatic heterocycles. The van der Waals surface area contributed by atoms with Gasteiger partial charge < -0.3 is 9.29 Å². The van der Waals surface area contributed by atoms with Gasteiger partial charge in [0.15, 0.2) is 5.78 Å². The molecule has 13 heteroatoms. The molecule has 41 heavy (non-hydrogen) atoms. The van der Waals surface area contributed by atoms with E-state index in [0.717, 1.165) is 30.4 Å². The Morgan fingerprint density at radius 3 is 2.24 bits per heavy atom. The SMILES string of the molecule is CC#C[C@]1(O)CC[C@H]2[C@@H]3CCC4=CC(=O)CCC4=C3[C@@H](c3ccc(OS(=O)(=O)C(F)(F)F)cc3)C[C@@]21C.S.S.S.S. The van der Waals surface area contributed by atoms with E-state index in [1.165, 1.54) is 23.3 Å². The van der Waals surface area contributed by atoms with Gasteiger partial charge in [0, 0.05) is 17.8 Å². The summed E-state index contributed by atoms with van der Waals surface area (Å²) in [6.07, 6.45) is 6.50. The third-order valence-corrected chi connectivity index (χ3v) is 9.97. The van der Waals surface area contributed by atoms with Gasteiger partial charge in [-0.1, -0.05) is 30.6 Å². The Kier molecular flexibility index (Phi) is 12.2. The van der Waals surface area contributed by atoms with Gasteiger partial charge in [-0.05, 0) is 92.2 Å². The molecule has 0 bridgehead atoms. The number of benzene rings is 1. The highest BCUT2D eigenvalue weighted by atomic mass is 32.2. The number of carbonyl (C=O) groups is 1. The lowest BCUT2D eigenvalue weighted by atomic mass is 9.51. The zero-order valence-electron chi connectivity index (χ0n) is 22.7. The van der Waals surface area contributed by atoms with Gasteiger partial charge in [0.2, 0.25) is 0 Å². The van der Waals surface area contributed by atoms with Crippen molar-refractivity contribution in [3.05, 3.63) is 52.6 Å². The second-order valence-electron chi connectivity index (χ2n) is 10.8.